The van der Waals surface area contributed by atoms with Crippen LogP contribution >= 0.6 is 0 Å². The molecule has 0 saturated carbocycles. The SMILES string of the molecule is Cc1cccc(N(C(C)C(=O)Nc2cccc([N+](=O)[O-])c2)S(C)(=O)=O)c1. The maximum Gasteiger partial charge on any atom is 0.271 e. The van der Waals surface area contributed by atoms with Crippen LogP contribution in [0, 0.1) is 17.0 Å². The van der Waals surface area contributed by atoms with Crippen molar-refractivity contribution < 1.29 is 18.1 Å². The number of hydrogen-bond acceptors (Lipinski definition) is 5. The highest BCUT2D eigenvalue weighted by atomic mass is 32.2. The lowest BCUT2D eigenvalue weighted by Crippen LogP contribution is -2.45. The molecule has 0 aromatic heterocycles. The van der Waals surface area contributed by atoms with Crippen LogP contribution < -0.4 is 9.62 Å². The number of nitrogens with zero attached hydrogens (tertiary/aromatic N) is 2. The second-order valence-electron chi connectivity index (χ2n) is 5.87. The topological polar surface area (TPSA) is 110 Å². The number of benzene rings is 2. The molecule has 0 radical (unpaired) electrons. The first-order valence-electron chi connectivity index (χ1n) is 7.71. The molecule has 1 unspecified atom stereocenters. The third-order valence-electron chi connectivity index (χ3n) is 3.67. The summed E-state index contributed by atoms with van der Waals surface area (Å²) in [5, 5.41) is 13.4. The molecule has 1 N–H and O–H groups in total. The zero-order valence-electron chi connectivity index (χ0n) is 14.5. The molecule has 138 valence electrons. The lowest BCUT2D eigenvalue weighted by molar-refractivity contribution is -0.384. The number of nitrogens with one attached hydrogen (secondary N) is 1. The normalized spacial score (nSPS) is 12.3. The second-order valence-corrected chi connectivity index (χ2v) is 7.73. The number of nitro benzene ring substituents is 1. The van der Waals surface area contributed by atoms with Gasteiger partial charge in [-0.3, -0.25) is 19.2 Å². The predicted molar refractivity (Wildman–Crippen MR) is 99.7 cm³/mol. The monoisotopic (exact) mass is 377 g/mol. The third kappa shape index (κ3) is 4.57. The Labute approximate surface area is 151 Å². The smallest absolute Gasteiger partial charge is 0.271 e. The number of carbonyl (C=O) groups excluding carboxylic acids is 1. The van der Waals surface area contributed by atoms with Gasteiger partial charge in [-0.2, -0.15) is 0 Å². The Morgan fingerprint density at radius 3 is 2.42 bits per heavy atom. The Hall–Kier alpha value is -2.94. The van der Waals surface area contributed by atoms with E-state index in [-0.39, 0.29) is 11.4 Å². The molecule has 0 saturated heterocycles. The van der Waals surface area contributed by atoms with Gasteiger partial charge in [0.15, 0.2) is 0 Å². The number of amides is 1. The molecular formula is C17H19N3O5S. The average Bonchev–Trinajstić information content (AvgIpc) is 2.53. The first kappa shape index (κ1) is 19.4. The minimum atomic E-state index is -3.73. The number of anilines is 2. The van der Waals surface area contributed by atoms with Crippen LogP contribution in [0.15, 0.2) is 48.5 Å². The highest BCUT2D eigenvalue weighted by Gasteiger charge is 2.29. The first-order chi connectivity index (χ1) is 12.1. The molecule has 0 aliphatic carbocycles. The van der Waals surface area contributed by atoms with E-state index in [2.05, 4.69) is 5.32 Å². The summed E-state index contributed by atoms with van der Waals surface area (Å²) < 4.78 is 25.5. The Morgan fingerprint density at radius 1 is 1.19 bits per heavy atom. The van der Waals surface area contributed by atoms with E-state index < -0.39 is 26.9 Å². The Kier molecular flexibility index (Phi) is 5.61. The fraction of sp³-hybridized carbons (Fsp3) is 0.235. The Bertz CT molecular complexity index is 943. The molecule has 2 aromatic carbocycles. The number of non-ortho nitro benzene ring substituents is 1. The van der Waals surface area contributed by atoms with Crippen LogP contribution in [0.3, 0.4) is 0 Å². The number of carbonyl (C=O) groups is 1. The number of sulfonamides is 1. The van der Waals surface area contributed by atoms with Crippen LogP contribution in [0.1, 0.15) is 12.5 Å². The number of aryl methyl sites for hydroxylation is 1. The number of hydrogen-bond donors (Lipinski definition) is 1. The highest BCUT2D eigenvalue weighted by Crippen LogP contribution is 2.23. The summed E-state index contributed by atoms with van der Waals surface area (Å²) >= 11 is 0. The summed E-state index contributed by atoms with van der Waals surface area (Å²) in [6.45, 7) is 3.27. The Balaban J connectivity index is 2.31. The van der Waals surface area contributed by atoms with Gasteiger partial charge in [0.05, 0.1) is 16.9 Å². The molecule has 2 aromatic rings. The molecule has 1 atom stereocenters. The standard InChI is InChI=1S/C17H19N3O5S/c1-12-6-4-8-15(10-12)19(26(3,24)25)13(2)17(21)18-14-7-5-9-16(11-14)20(22)23/h4-11,13H,1-3H3,(H,18,21). The van der Waals surface area contributed by atoms with Crippen molar-refractivity contribution in [1.82, 2.24) is 0 Å². The molecule has 0 heterocycles. The van der Waals surface area contributed by atoms with E-state index in [1.165, 1.54) is 31.2 Å². The molecule has 2 rings (SSSR count). The van der Waals surface area contributed by atoms with Gasteiger partial charge in [-0.1, -0.05) is 18.2 Å². The Morgan fingerprint density at radius 2 is 1.85 bits per heavy atom. The fourth-order valence-corrected chi connectivity index (χ4v) is 3.68. The summed E-state index contributed by atoms with van der Waals surface area (Å²) in [5.41, 5.74) is 1.26. The molecule has 0 spiro atoms. The van der Waals surface area contributed by atoms with E-state index >= 15 is 0 Å². The molecule has 0 bridgehead atoms. The van der Waals surface area contributed by atoms with Crippen LogP contribution in [0.25, 0.3) is 0 Å². The van der Waals surface area contributed by atoms with Crippen molar-refractivity contribution in [1.29, 1.82) is 0 Å². The van der Waals surface area contributed by atoms with Gasteiger partial charge in [-0.15, -0.1) is 0 Å². The van der Waals surface area contributed by atoms with Crippen molar-refractivity contribution in [2.24, 2.45) is 0 Å². The fourth-order valence-electron chi connectivity index (χ4n) is 2.52. The molecule has 26 heavy (non-hydrogen) atoms. The molecule has 1 amide bonds. The van der Waals surface area contributed by atoms with Crippen LogP contribution in [0.5, 0.6) is 0 Å². The molecule has 8 nitrogen and oxygen atoms in total. The molecule has 0 aliphatic rings. The van der Waals surface area contributed by atoms with Gasteiger partial charge < -0.3 is 5.32 Å². The van der Waals surface area contributed by atoms with Gasteiger partial charge in [-0.05, 0) is 37.6 Å². The maximum atomic E-state index is 12.6. The van der Waals surface area contributed by atoms with Crippen molar-refractivity contribution in [3.63, 3.8) is 0 Å². The van der Waals surface area contributed by atoms with Crippen molar-refractivity contribution in [2.45, 2.75) is 19.9 Å². The first-order valence-corrected chi connectivity index (χ1v) is 9.56. The van der Waals surface area contributed by atoms with E-state index in [1.807, 2.05) is 13.0 Å². The van der Waals surface area contributed by atoms with Crippen LogP contribution in [-0.2, 0) is 14.8 Å². The molecular weight excluding hydrogens is 358 g/mol. The third-order valence-corrected chi connectivity index (χ3v) is 4.91. The summed E-state index contributed by atoms with van der Waals surface area (Å²) in [7, 11) is -3.73. The minimum absolute atomic E-state index is 0.172. The minimum Gasteiger partial charge on any atom is -0.324 e. The van der Waals surface area contributed by atoms with Crippen molar-refractivity contribution >= 4 is 33.0 Å². The van der Waals surface area contributed by atoms with Crippen molar-refractivity contribution in [3.8, 4) is 0 Å². The lowest BCUT2D eigenvalue weighted by Gasteiger charge is -2.28. The van der Waals surface area contributed by atoms with Crippen molar-refractivity contribution in [3.05, 3.63) is 64.2 Å². The van der Waals surface area contributed by atoms with Gasteiger partial charge in [-0.25, -0.2) is 8.42 Å². The molecule has 9 heteroatoms. The predicted octanol–water partition coefficient (Wildman–Crippen LogP) is 2.70. The van der Waals surface area contributed by atoms with Crippen molar-refractivity contribution in [2.75, 3.05) is 15.9 Å². The number of rotatable bonds is 6. The van der Waals surface area contributed by atoms with E-state index in [0.29, 0.717) is 5.69 Å². The van der Waals surface area contributed by atoms with Crippen LogP contribution in [-0.4, -0.2) is 31.5 Å². The van der Waals surface area contributed by atoms with E-state index in [1.54, 1.807) is 18.2 Å². The van der Waals surface area contributed by atoms with Gasteiger partial charge in [0, 0.05) is 17.8 Å². The summed E-state index contributed by atoms with van der Waals surface area (Å²) in [6.07, 6.45) is 1.02. The zero-order chi connectivity index (χ0) is 19.5. The van der Waals surface area contributed by atoms with Crippen LogP contribution in [0.4, 0.5) is 17.1 Å². The van der Waals surface area contributed by atoms with Gasteiger partial charge in [0.25, 0.3) is 5.69 Å². The zero-order valence-corrected chi connectivity index (χ0v) is 15.4. The lowest BCUT2D eigenvalue weighted by atomic mass is 10.2. The summed E-state index contributed by atoms with van der Waals surface area (Å²) in [6, 6.07) is 11.2. The summed E-state index contributed by atoms with van der Waals surface area (Å²) in [4.78, 5) is 22.8. The number of nitro groups is 1. The maximum absolute atomic E-state index is 12.6. The molecule has 0 fully saturated rings. The average molecular weight is 377 g/mol. The second kappa shape index (κ2) is 7.52. The van der Waals surface area contributed by atoms with E-state index in [4.69, 9.17) is 0 Å². The van der Waals surface area contributed by atoms with Gasteiger partial charge in [0.2, 0.25) is 15.9 Å². The highest BCUT2D eigenvalue weighted by molar-refractivity contribution is 7.92. The quantitative estimate of drug-likeness (QED) is 0.615. The van der Waals surface area contributed by atoms with Crippen LogP contribution in [0.2, 0.25) is 0 Å². The largest absolute Gasteiger partial charge is 0.324 e. The summed E-state index contributed by atoms with van der Waals surface area (Å²) in [5.74, 6) is -0.600. The molecule has 0 aliphatic heterocycles. The van der Waals surface area contributed by atoms with E-state index in [0.717, 1.165) is 16.1 Å². The van der Waals surface area contributed by atoms with E-state index in [9.17, 15) is 23.3 Å². The van der Waals surface area contributed by atoms with Gasteiger partial charge >= 0.3 is 0 Å². The van der Waals surface area contributed by atoms with Gasteiger partial charge in [0.1, 0.15) is 6.04 Å².